The van der Waals surface area contributed by atoms with E-state index in [1.165, 1.54) is 7.11 Å². The van der Waals surface area contributed by atoms with E-state index < -0.39 is 0 Å². The Hall–Kier alpha value is -2.82. The first-order valence-corrected chi connectivity index (χ1v) is 6.47. The Morgan fingerprint density at radius 2 is 1.57 bits per heavy atom. The van der Waals surface area contributed by atoms with Crippen molar-refractivity contribution in [2.45, 2.75) is 0 Å². The van der Waals surface area contributed by atoms with E-state index in [-0.39, 0.29) is 0 Å². The summed E-state index contributed by atoms with van der Waals surface area (Å²) in [6, 6.07) is 13.7. The summed E-state index contributed by atoms with van der Waals surface area (Å²) in [6.07, 6.45) is 0. The van der Waals surface area contributed by atoms with Crippen LogP contribution in [-0.4, -0.2) is 24.2 Å². The summed E-state index contributed by atoms with van der Waals surface area (Å²) in [5.41, 5.74) is 8.86. The van der Waals surface area contributed by atoms with Crippen molar-refractivity contribution in [3.05, 3.63) is 42.5 Å². The van der Waals surface area contributed by atoms with Crippen LogP contribution in [0, 0.1) is 0 Å². The number of hydrogen-bond donors (Lipinski definition) is 1. The van der Waals surface area contributed by atoms with Gasteiger partial charge in [0.15, 0.2) is 5.65 Å². The summed E-state index contributed by atoms with van der Waals surface area (Å²) >= 11 is 0. The normalized spacial score (nSPS) is 10.6. The number of rotatable bonds is 3. The molecule has 0 fully saturated rings. The molecule has 0 unspecified atom stereocenters. The summed E-state index contributed by atoms with van der Waals surface area (Å²) in [7, 11) is 3.12. The van der Waals surface area contributed by atoms with E-state index in [1.54, 1.807) is 13.2 Å². The molecular formula is C16H15N3O2. The molecule has 0 saturated carbocycles. The van der Waals surface area contributed by atoms with Crippen LogP contribution in [0.3, 0.4) is 0 Å². The molecule has 0 saturated heterocycles. The van der Waals surface area contributed by atoms with Gasteiger partial charge in [-0.3, -0.25) is 0 Å². The lowest BCUT2D eigenvalue weighted by Gasteiger charge is -2.11. The van der Waals surface area contributed by atoms with Gasteiger partial charge in [-0.05, 0) is 17.7 Å². The van der Waals surface area contributed by atoms with Gasteiger partial charge in [0, 0.05) is 10.9 Å². The number of anilines is 1. The molecule has 0 amide bonds. The molecule has 2 N–H and O–H groups in total. The Balaban J connectivity index is 2.26. The largest absolute Gasteiger partial charge is 0.480 e. The zero-order valence-corrected chi connectivity index (χ0v) is 11.8. The predicted molar refractivity (Wildman–Crippen MR) is 82.5 cm³/mol. The monoisotopic (exact) mass is 281 g/mol. The Kier molecular flexibility index (Phi) is 3.31. The second-order valence-corrected chi connectivity index (χ2v) is 4.54. The molecule has 106 valence electrons. The van der Waals surface area contributed by atoms with Crippen LogP contribution in [0.4, 0.5) is 5.69 Å². The van der Waals surface area contributed by atoms with E-state index in [1.807, 2.05) is 36.4 Å². The zero-order chi connectivity index (χ0) is 14.8. The molecule has 0 bridgehead atoms. The number of fused-ring (bicyclic) bond motifs is 1. The van der Waals surface area contributed by atoms with E-state index in [9.17, 15) is 0 Å². The van der Waals surface area contributed by atoms with E-state index in [0.717, 1.165) is 16.5 Å². The number of benzene rings is 1. The highest BCUT2D eigenvalue weighted by Gasteiger charge is 2.12. The van der Waals surface area contributed by atoms with Crippen LogP contribution in [0.25, 0.3) is 22.2 Å². The van der Waals surface area contributed by atoms with Gasteiger partial charge in [-0.15, -0.1) is 0 Å². The predicted octanol–water partition coefficient (Wildman–Crippen LogP) is 2.90. The maximum Gasteiger partial charge on any atom is 0.238 e. The van der Waals surface area contributed by atoms with Gasteiger partial charge in [-0.2, -0.15) is 9.97 Å². The molecule has 0 radical (unpaired) electrons. The van der Waals surface area contributed by atoms with Crippen LogP contribution >= 0.6 is 0 Å². The minimum atomic E-state index is 0.365. The second-order valence-electron chi connectivity index (χ2n) is 4.54. The van der Waals surface area contributed by atoms with Crippen molar-refractivity contribution >= 4 is 16.7 Å². The number of hydrogen-bond acceptors (Lipinski definition) is 5. The van der Waals surface area contributed by atoms with Gasteiger partial charge in [0.1, 0.15) is 0 Å². The number of ether oxygens (including phenoxy) is 2. The summed E-state index contributed by atoms with van der Waals surface area (Å²) in [4.78, 5) is 8.75. The van der Waals surface area contributed by atoms with Crippen LogP contribution in [-0.2, 0) is 0 Å². The van der Waals surface area contributed by atoms with Crippen LogP contribution < -0.4 is 15.2 Å². The average Bonchev–Trinajstić information content (AvgIpc) is 2.54. The Bertz CT molecular complexity index is 788. The summed E-state index contributed by atoms with van der Waals surface area (Å²) in [5, 5.41) is 0.841. The molecule has 0 spiro atoms. The fraction of sp³-hybridized carbons (Fsp3) is 0.125. The van der Waals surface area contributed by atoms with Crippen LogP contribution in [0.2, 0.25) is 0 Å². The van der Waals surface area contributed by atoms with Crippen molar-refractivity contribution in [3.63, 3.8) is 0 Å². The van der Waals surface area contributed by atoms with Crippen molar-refractivity contribution in [1.29, 1.82) is 0 Å². The molecule has 0 atom stereocenters. The van der Waals surface area contributed by atoms with Crippen LogP contribution in [0.5, 0.6) is 11.8 Å². The molecule has 0 aliphatic heterocycles. The number of methoxy groups -OCH3 is 2. The molecular weight excluding hydrogens is 266 g/mol. The van der Waals surface area contributed by atoms with Crippen molar-refractivity contribution in [1.82, 2.24) is 9.97 Å². The van der Waals surface area contributed by atoms with Gasteiger partial charge in [0.05, 0.1) is 19.9 Å². The van der Waals surface area contributed by atoms with Gasteiger partial charge >= 0.3 is 0 Å². The Morgan fingerprint density at radius 1 is 0.905 bits per heavy atom. The molecule has 1 aromatic carbocycles. The van der Waals surface area contributed by atoms with Gasteiger partial charge in [-0.25, -0.2) is 0 Å². The molecule has 0 aliphatic rings. The van der Waals surface area contributed by atoms with E-state index >= 15 is 0 Å². The van der Waals surface area contributed by atoms with E-state index in [4.69, 9.17) is 15.2 Å². The highest BCUT2D eigenvalue weighted by molar-refractivity contribution is 5.86. The number of nitrogens with two attached hydrogens (primary N) is 1. The third kappa shape index (κ3) is 2.33. The van der Waals surface area contributed by atoms with Gasteiger partial charge in [0.25, 0.3) is 0 Å². The highest BCUT2D eigenvalue weighted by Crippen LogP contribution is 2.33. The quantitative estimate of drug-likeness (QED) is 0.799. The molecule has 3 rings (SSSR count). The second kappa shape index (κ2) is 5.28. The van der Waals surface area contributed by atoms with Crippen LogP contribution in [0.1, 0.15) is 0 Å². The molecule has 2 aromatic heterocycles. The topological polar surface area (TPSA) is 70.3 Å². The Morgan fingerprint density at radius 3 is 2.24 bits per heavy atom. The lowest BCUT2D eigenvalue weighted by Crippen LogP contribution is -1.99. The molecule has 5 heteroatoms. The smallest absolute Gasteiger partial charge is 0.238 e. The first-order chi connectivity index (χ1) is 10.2. The maximum atomic E-state index is 5.91. The molecule has 21 heavy (non-hydrogen) atoms. The molecule has 2 heterocycles. The van der Waals surface area contributed by atoms with Crippen molar-refractivity contribution < 1.29 is 9.47 Å². The fourth-order valence-electron chi connectivity index (χ4n) is 2.23. The summed E-state index contributed by atoms with van der Waals surface area (Å²) in [5.74, 6) is 0.887. The number of nitrogens with zero attached hydrogens (tertiary/aromatic N) is 2. The lowest BCUT2D eigenvalue weighted by atomic mass is 10.1. The first-order valence-electron chi connectivity index (χ1n) is 6.47. The molecule has 3 aromatic rings. The van der Waals surface area contributed by atoms with Crippen molar-refractivity contribution in [2.75, 3.05) is 20.0 Å². The van der Waals surface area contributed by atoms with Gasteiger partial charge in [0.2, 0.25) is 11.8 Å². The zero-order valence-electron chi connectivity index (χ0n) is 11.8. The lowest BCUT2D eigenvalue weighted by molar-refractivity contribution is 0.397. The summed E-state index contributed by atoms with van der Waals surface area (Å²) < 4.78 is 10.5. The molecule has 5 nitrogen and oxygen atoms in total. The first kappa shape index (κ1) is 13.2. The maximum absolute atomic E-state index is 5.91. The highest BCUT2D eigenvalue weighted by atomic mass is 16.5. The Labute approximate surface area is 122 Å². The van der Waals surface area contributed by atoms with Crippen molar-refractivity contribution in [3.8, 4) is 22.9 Å². The SMILES string of the molecule is COc1nc2nc(OC)c(-c3ccccc3)cc2cc1N. The number of pyridine rings is 2. The van der Waals surface area contributed by atoms with Gasteiger partial charge < -0.3 is 15.2 Å². The van der Waals surface area contributed by atoms with Gasteiger partial charge in [-0.1, -0.05) is 30.3 Å². The summed E-state index contributed by atoms with van der Waals surface area (Å²) in [6.45, 7) is 0. The third-order valence-electron chi connectivity index (χ3n) is 3.23. The van der Waals surface area contributed by atoms with Crippen LogP contribution in [0.15, 0.2) is 42.5 Å². The molecule has 0 aliphatic carbocycles. The van der Waals surface area contributed by atoms with E-state index in [2.05, 4.69) is 9.97 Å². The van der Waals surface area contributed by atoms with E-state index in [0.29, 0.717) is 23.1 Å². The minimum Gasteiger partial charge on any atom is -0.480 e. The minimum absolute atomic E-state index is 0.365. The third-order valence-corrected chi connectivity index (χ3v) is 3.23. The number of aromatic nitrogens is 2. The standard InChI is InChI=1S/C16H15N3O2/c1-20-15-12(10-6-4-3-5-7-10)8-11-9-13(17)16(21-2)19-14(11)18-15/h3-9H,17H2,1-2H3. The van der Waals surface area contributed by atoms with Crippen molar-refractivity contribution in [2.24, 2.45) is 0 Å². The number of nitrogen functional groups attached to an aromatic ring is 1. The fourth-order valence-corrected chi connectivity index (χ4v) is 2.23. The average molecular weight is 281 g/mol.